The van der Waals surface area contributed by atoms with Gasteiger partial charge >= 0.3 is 74.1 Å². The molecular weight excluding hydrogens is 410 g/mol. The molecule has 0 saturated carbocycles. The average Bonchev–Trinajstić information content (AvgIpc) is 1.90. The summed E-state index contributed by atoms with van der Waals surface area (Å²) in [6.45, 7) is 0. The van der Waals surface area contributed by atoms with Gasteiger partial charge in [-0.05, 0) is 0 Å². The van der Waals surface area contributed by atoms with Gasteiger partial charge in [0, 0.05) is 51.4 Å². The predicted octanol–water partition coefficient (Wildman–Crippen LogP) is 1.61. The summed E-state index contributed by atoms with van der Waals surface area (Å²) in [5.41, 5.74) is 0. The zero-order valence-electron chi connectivity index (χ0n) is 5.37. The van der Waals surface area contributed by atoms with Gasteiger partial charge in [-0.3, -0.25) is 0 Å². The third kappa shape index (κ3) is 9.81. The minimum atomic E-state index is -1.65. The van der Waals surface area contributed by atoms with E-state index < -0.39 is 14.5 Å². The standard InChI is InChI=1S/3CHNS.Au.K/c3*2-1-3;;/h3*3H;;/q;;;+3;/p-3. The van der Waals surface area contributed by atoms with Gasteiger partial charge in [0.05, 0.1) is 0 Å². The first-order valence-corrected chi connectivity index (χ1v) is 11.6. The number of hydrogen-bond acceptors (Lipinski definition) is 6. The van der Waals surface area contributed by atoms with Crippen molar-refractivity contribution >= 4 is 79.1 Å². The molecule has 0 saturated heterocycles. The Morgan fingerprint density at radius 1 is 0.818 bits per heavy atom. The first-order chi connectivity index (χ1) is 4.85. The largest absolute Gasteiger partial charge is 0 e. The summed E-state index contributed by atoms with van der Waals surface area (Å²) in [6, 6.07) is 0. The van der Waals surface area contributed by atoms with Gasteiger partial charge in [0.1, 0.15) is 0 Å². The Labute approximate surface area is 123 Å². The molecule has 11 heavy (non-hydrogen) atoms. The SMILES string of the molecule is N#C[S][Au]([S]C#N)[S]C#N.[K]. The zero-order chi connectivity index (χ0) is 7.82. The van der Waals surface area contributed by atoms with Crippen LogP contribution in [-0.4, -0.2) is 51.4 Å². The van der Waals surface area contributed by atoms with Crippen molar-refractivity contribution in [2.45, 2.75) is 0 Å². The number of rotatable bonds is 3. The van der Waals surface area contributed by atoms with E-state index in [9.17, 15) is 0 Å². The summed E-state index contributed by atoms with van der Waals surface area (Å²) in [5, 5.41) is 30.2. The van der Waals surface area contributed by atoms with Crippen LogP contribution in [-0.2, 0) is 14.5 Å². The van der Waals surface area contributed by atoms with E-state index in [-0.39, 0.29) is 51.4 Å². The number of nitriles is 3. The molecule has 3 nitrogen and oxygen atoms in total. The van der Waals surface area contributed by atoms with E-state index in [2.05, 4.69) is 0 Å². The van der Waals surface area contributed by atoms with Crippen LogP contribution in [0.1, 0.15) is 0 Å². The van der Waals surface area contributed by atoms with Crippen molar-refractivity contribution in [3.63, 3.8) is 0 Å². The second-order valence-electron chi connectivity index (χ2n) is 0.609. The second-order valence-corrected chi connectivity index (χ2v) is 16.5. The molecule has 0 aromatic rings. The van der Waals surface area contributed by atoms with Crippen molar-refractivity contribution < 1.29 is 14.5 Å². The molecule has 0 aliphatic heterocycles. The molecule has 0 aliphatic carbocycles. The van der Waals surface area contributed by atoms with Gasteiger partial charge in [0.2, 0.25) is 0 Å². The monoisotopic (exact) mass is 410 g/mol. The molecule has 0 rings (SSSR count). The summed E-state index contributed by atoms with van der Waals surface area (Å²) in [6.07, 6.45) is 0. The number of hydrogen-bond donors (Lipinski definition) is 0. The molecule has 0 bridgehead atoms. The molecule has 0 aromatic heterocycles. The molecule has 0 aromatic carbocycles. The Balaban J connectivity index is 0. The van der Waals surface area contributed by atoms with Gasteiger partial charge in [0.15, 0.2) is 0 Å². The third-order valence-corrected chi connectivity index (χ3v) is 13.1. The van der Waals surface area contributed by atoms with Gasteiger partial charge in [-0.1, -0.05) is 0 Å². The molecule has 0 fully saturated rings. The molecule has 0 N–H and O–H groups in total. The third-order valence-electron chi connectivity index (χ3n) is 0.233. The normalized spacial score (nSPS) is 7.91. The van der Waals surface area contributed by atoms with E-state index in [1.165, 1.54) is 0 Å². The van der Waals surface area contributed by atoms with Crippen LogP contribution >= 0.6 is 27.7 Å². The number of thiocyanates is 3. The fraction of sp³-hybridized carbons (Fsp3) is 0. The smallest absolute Gasteiger partial charge is 0 e. The predicted molar refractivity (Wildman–Crippen MR) is 45.4 cm³/mol. The van der Waals surface area contributed by atoms with Gasteiger partial charge in [-0.25, -0.2) is 0 Å². The quantitative estimate of drug-likeness (QED) is 0.520. The first kappa shape index (κ1) is 15.4. The van der Waals surface area contributed by atoms with E-state index in [1.807, 2.05) is 16.2 Å². The van der Waals surface area contributed by atoms with Crippen LogP contribution in [0.2, 0.25) is 0 Å². The minimum absolute atomic E-state index is 0. The van der Waals surface area contributed by atoms with Crippen molar-refractivity contribution in [2.24, 2.45) is 0 Å². The molecule has 0 heterocycles. The molecule has 8 heteroatoms. The van der Waals surface area contributed by atoms with Gasteiger partial charge in [-0.15, -0.1) is 0 Å². The van der Waals surface area contributed by atoms with E-state index in [0.717, 1.165) is 27.7 Å². The van der Waals surface area contributed by atoms with Crippen LogP contribution in [0.3, 0.4) is 0 Å². The fourth-order valence-corrected chi connectivity index (χ4v) is 7.74. The van der Waals surface area contributed by atoms with Crippen molar-refractivity contribution in [2.75, 3.05) is 0 Å². The Hall–Kier alpha value is 1.90. The van der Waals surface area contributed by atoms with Gasteiger partial charge in [0.25, 0.3) is 0 Å². The summed E-state index contributed by atoms with van der Waals surface area (Å²) >= 11 is -1.65. The summed E-state index contributed by atoms with van der Waals surface area (Å²) in [5.74, 6) is 0. The molecule has 0 aliphatic rings. The molecule has 57 valence electrons. The van der Waals surface area contributed by atoms with Crippen molar-refractivity contribution in [1.82, 2.24) is 0 Å². The molecular formula is C3AuKN3S3. The van der Waals surface area contributed by atoms with E-state index in [0.29, 0.717) is 0 Å². The van der Waals surface area contributed by atoms with Crippen LogP contribution in [0, 0.1) is 32.0 Å². The van der Waals surface area contributed by atoms with Crippen LogP contribution < -0.4 is 0 Å². The first-order valence-electron chi connectivity index (χ1n) is 1.65. The van der Waals surface area contributed by atoms with Crippen molar-refractivity contribution in [3.05, 3.63) is 0 Å². The Kier molecular flexibility index (Phi) is 16.6. The summed E-state index contributed by atoms with van der Waals surface area (Å²) < 4.78 is 0. The second kappa shape index (κ2) is 11.9. The summed E-state index contributed by atoms with van der Waals surface area (Å²) in [4.78, 5) is 0. The van der Waals surface area contributed by atoms with Crippen LogP contribution in [0.25, 0.3) is 0 Å². The maximum absolute atomic E-state index is 8.19. The fourth-order valence-electron chi connectivity index (χ4n) is 0.105. The number of nitrogens with zero attached hydrogens (tertiary/aromatic N) is 3. The maximum atomic E-state index is 8.19. The average molecular weight is 410 g/mol. The Morgan fingerprint density at radius 2 is 1.09 bits per heavy atom. The van der Waals surface area contributed by atoms with E-state index in [4.69, 9.17) is 15.8 Å². The minimum Gasteiger partial charge on any atom is 0 e. The van der Waals surface area contributed by atoms with E-state index in [1.54, 1.807) is 0 Å². The summed E-state index contributed by atoms with van der Waals surface area (Å²) in [7, 11) is 3.18. The molecule has 0 unspecified atom stereocenters. The van der Waals surface area contributed by atoms with Crippen LogP contribution in [0.15, 0.2) is 0 Å². The Morgan fingerprint density at radius 3 is 1.27 bits per heavy atom. The van der Waals surface area contributed by atoms with E-state index >= 15 is 0 Å². The molecule has 0 atom stereocenters. The van der Waals surface area contributed by atoms with Crippen LogP contribution in [0.5, 0.6) is 0 Å². The van der Waals surface area contributed by atoms with Crippen molar-refractivity contribution in [3.8, 4) is 16.2 Å². The molecule has 0 amide bonds. The van der Waals surface area contributed by atoms with Crippen LogP contribution in [0.4, 0.5) is 0 Å². The molecule has 0 spiro atoms. The van der Waals surface area contributed by atoms with Gasteiger partial charge in [-0.2, -0.15) is 0 Å². The molecule has 1 radical (unpaired) electrons. The Bertz CT molecular complexity index is 177. The maximum Gasteiger partial charge on any atom is 0 e. The zero-order valence-corrected chi connectivity index (χ0v) is 13.1. The van der Waals surface area contributed by atoms with Crippen molar-refractivity contribution in [1.29, 1.82) is 15.8 Å². The van der Waals surface area contributed by atoms with Gasteiger partial charge < -0.3 is 0 Å². The topological polar surface area (TPSA) is 71.4 Å².